The van der Waals surface area contributed by atoms with E-state index in [0.717, 1.165) is 84.0 Å². The van der Waals surface area contributed by atoms with Gasteiger partial charge in [-0.05, 0) is 75.3 Å². The highest BCUT2D eigenvalue weighted by Crippen LogP contribution is 2.38. The molecule has 1 atom stereocenters. The Morgan fingerprint density at radius 1 is 1.09 bits per heavy atom. The number of hydrogen-bond donors (Lipinski definition) is 3. The van der Waals surface area contributed by atoms with Gasteiger partial charge in [0, 0.05) is 42.3 Å². The summed E-state index contributed by atoms with van der Waals surface area (Å²) in [5, 5.41) is 8.85. The molecule has 4 heterocycles. The summed E-state index contributed by atoms with van der Waals surface area (Å²) in [5.74, 6) is 2.38. The Balaban J connectivity index is 1.12. The van der Waals surface area contributed by atoms with E-state index in [2.05, 4.69) is 53.3 Å². The molecule has 1 unspecified atom stereocenters. The highest BCUT2D eigenvalue weighted by atomic mass is 32.1. The van der Waals surface area contributed by atoms with Gasteiger partial charge in [-0.15, -0.1) is 0 Å². The van der Waals surface area contributed by atoms with Crippen LogP contribution in [0.4, 0.5) is 17.2 Å². The molecule has 2 saturated heterocycles. The van der Waals surface area contributed by atoms with Gasteiger partial charge in [-0.25, -0.2) is 4.98 Å². The summed E-state index contributed by atoms with van der Waals surface area (Å²) in [6, 6.07) is 12.3. The minimum absolute atomic E-state index is 0.0956. The molecule has 0 saturated carbocycles. The van der Waals surface area contributed by atoms with Gasteiger partial charge in [0.05, 0.1) is 45.4 Å². The largest absolute Gasteiger partial charge is 0.493 e. The molecule has 232 valence electrons. The van der Waals surface area contributed by atoms with Crippen molar-refractivity contribution in [3.05, 3.63) is 42.7 Å². The molecule has 0 radical (unpaired) electrons. The molecule has 0 bridgehead atoms. The third-order valence-electron chi connectivity index (χ3n) is 8.57. The first-order valence-electron chi connectivity index (χ1n) is 15.3. The number of piperazine rings is 1. The fraction of sp³-hybridized carbons (Fsp3) is 0.438. The number of hydrogen-bond acceptors (Lipinski definition) is 7. The van der Waals surface area contributed by atoms with Crippen LogP contribution in [0.3, 0.4) is 0 Å². The van der Waals surface area contributed by atoms with Crippen LogP contribution in [0, 0.1) is 0 Å². The number of carbonyl (C=O) groups is 1. The Labute approximate surface area is 262 Å². The topological polar surface area (TPSA) is 112 Å². The molecule has 1 amide bonds. The predicted molar refractivity (Wildman–Crippen MR) is 178 cm³/mol. The molecular formula is C32H41N8O3S+. The van der Waals surface area contributed by atoms with Crippen molar-refractivity contribution in [3.8, 4) is 11.5 Å². The van der Waals surface area contributed by atoms with Crippen molar-refractivity contribution in [2.45, 2.75) is 39.2 Å². The Hall–Kier alpha value is -4.16. The second kappa shape index (κ2) is 13.2. The molecule has 2 fully saturated rings. The molecule has 12 heteroatoms. The molecule has 2 aliphatic heterocycles. The van der Waals surface area contributed by atoms with Gasteiger partial charge in [0.25, 0.3) is 0 Å². The van der Waals surface area contributed by atoms with Crippen molar-refractivity contribution in [2.24, 2.45) is 0 Å². The Kier molecular flexibility index (Phi) is 8.99. The van der Waals surface area contributed by atoms with Crippen LogP contribution in [0.2, 0.25) is 0 Å². The Morgan fingerprint density at radius 3 is 2.52 bits per heavy atom. The summed E-state index contributed by atoms with van der Waals surface area (Å²) >= 11 is 5.73. The van der Waals surface area contributed by atoms with Crippen molar-refractivity contribution in [2.75, 3.05) is 68.5 Å². The van der Waals surface area contributed by atoms with Crippen LogP contribution in [-0.4, -0.2) is 89.8 Å². The number of amides is 1. The monoisotopic (exact) mass is 617 g/mol. The molecule has 0 aliphatic carbocycles. The number of carbonyl (C=O) groups excluding carboxylic acids is 1. The average Bonchev–Trinajstić information content (AvgIpc) is 3.61. The number of ether oxygens (including phenoxy) is 2. The fourth-order valence-corrected chi connectivity index (χ4v) is 6.53. The third kappa shape index (κ3) is 6.51. The quantitative estimate of drug-likeness (QED) is 0.187. The zero-order chi connectivity index (χ0) is 30.6. The molecule has 4 N–H and O–H groups in total. The van der Waals surface area contributed by atoms with Crippen LogP contribution in [-0.2, 0) is 4.79 Å². The maximum atomic E-state index is 11.3. The van der Waals surface area contributed by atoms with Crippen LogP contribution >= 0.6 is 12.2 Å². The average molecular weight is 618 g/mol. The number of likely N-dealkylation sites (tertiary alicyclic amines) is 1. The summed E-state index contributed by atoms with van der Waals surface area (Å²) in [5.41, 5.74) is 3.42. The van der Waals surface area contributed by atoms with E-state index >= 15 is 0 Å². The summed E-state index contributed by atoms with van der Waals surface area (Å²) in [6.07, 6.45) is 5.30. The lowest BCUT2D eigenvalue weighted by Crippen LogP contribution is -2.51. The number of nitrogens with one attached hydrogen (secondary N) is 4. The summed E-state index contributed by atoms with van der Waals surface area (Å²) < 4.78 is 12.0. The SMILES string of the molecule is COc1cc2c(cc1OCCCN1CCCC1C)[nH]c1nc[nH+]c(N3CCN(C(=S)Nc4ccc(NC(C)=O)cc4)CC3)c12. The number of H-pyrrole nitrogens is 2. The minimum Gasteiger partial charge on any atom is -0.493 e. The van der Waals surface area contributed by atoms with Gasteiger partial charge >= 0.3 is 0 Å². The van der Waals surface area contributed by atoms with Gasteiger partial charge in [-0.2, -0.15) is 0 Å². The number of methoxy groups -OCH3 is 1. The van der Waals surface area contributed by atoms with Crippen LogP contribution < -0.4 is 30.0 Å². The van der Waals surface area contributed by atoms with E-state index in [-0.39, 0.29) is 5.91 Å². The van der Waals surface area contributed by atoms with Crippen LogP contribution in [0.1, 0.15) is 33.1 Å². The van der Waals surface area contributed by atoms with Crippen LogP contribution in [0.5, 0.6) is 11.5 Å². The second-order valence-electron chi connectivity index (χ2n) is 11.5. The molecule has 2 aliphatic rings. The fourth-order valence-electron chi connectivity index (χ4n) is 6.23. The van der Waals surface area contributed by atoms with Crippen LogP contribution in [0.15, 0.2) is 42.7 Å². The van der Waals surface area contributed by atoms with E-state index in [0.29, 0.717) is 23.5 Å². The molecule has 2 aromatic carbocycles. The number of aromatic nitrogens is 3. The van der Waals surface area contributed by atoms with E-state index in [1.165, 1.54) is 26.3 Å². The predicted octanol–water partition coefficient (Wildman–Crippen LogP) is 4.27. The Bertz CT molecular complexity index is 1630. The standard InChI is InChI=1S/C32H40N8O3S/c1-21-6-4-11-38(21)12-5-17-43-28-19-26-25(18-27(28)42-3)29-30(37-26)33-20-34-31(29)39-13-15-40(16-14-39)32(44)36-24-9-7-23(8-10-24)35-22(2)41/h7-10,18-21H,4-6,11-17H2,1-3H3,(H,35,41)(H,36,44)(H,33,34,37)/p+1. The van der Waals surface area contributed by atoms with E-state index in [4.69, 9.17) is 21.7 Å². The number of nitrogens with zero attached hydrogens (tertiary/aromatic N) is 4. The number of benzene rings is 2. The maximum Gasteiger partial charge on any atom is 0.234 e. The lowest BCUT2D eigenvalue weighted by molar-refractivity contribution is -0.367. The molecule has 44 heavy (non-hydrogen) atoms. The Morgan fingerprint density at radius 2 is 1.84 bits per heavy atom. The normalized spacial score (nSPS) is 17.3. The van der Waals surface area contributed by atoms with Crippen molar-refractivity contribution in [1.82, 2.24) is 19.8 Å². The van der Waals surface area contributed by atoms with Gasteiger partial charge in [-0.3, -0.25) is 9.69 Å². The van der Waals surface area contributed by atoms with Crippen molar-refractivity contribution < 1.29 is 19.3 Å². The lowest BCUT2D eigenvalue weighted by Gasteiger charge is -2.34. The van der Waals surface area contributed by atoms with Gasteiger partial charge in [0.15, 0.2) is 16.6 Å². The van der Waals surface area contributed by atoms with Crippen molar-refractivity contribution in [1.29, 1.82) is 0 Å². The van der Waals surface area contributed by atoms with Gasteiger partial charge in [0.2, 0.25) is 23.7 Å². The van der Waals surface area contributed by atoms with Crippen molar-refractivity contribution in [3.63, 3.8) is 0 Å². The zero-order valence-corrected chi connectivity index (χ0v) is 26.4. The van der Waals surface area contributed by atoms with E-state index in [1.807, 2.05) is 30.3 Å². The van der Waals surface area contributed by atoms with Gasteiger partial charge in [-0.1, -0.05) is 4.98 Å². The first-order valence-corrected chi connectivity index (χ1v) is 15.8. The first-order chi connectivity index (χ1) is 21.4. The van der Waals surface area contributed by atoms with Crippen LogP contribution in [0.25, 0.3) is 21.9 Å². The third-order valence-corrected chi connectivity index (χ3v) is 8.93. The molecule has 6 rings (SSSR count). The summed E-state index contributed by atoms with van der Waals surface area (Å²) in [4.78, 5) is 29.9. The number of anilines is 3. The number of thiocarbonyl (C=S) groups is 1. The molecular weight excluding hydrogens is 576 g/mol. The minimum atomic E-state index is -0.0956. The number of aromatic amines is 2. The smallest absolute Gasteiger partial charge is 0.234 e. The molecule has 0 spiro atoms. The van der Waals surface area contributed by atoms with E-state index in [9.17, 15) is 4.79 Å². The van der Waals surface area contributed by atoms with Gasteiger partial charge in [0.1, 0.15) is 5.39 Å². The van der Waals surface area contributed by atoms with E-state index < -0.39 is 0 Å². The highest BCUT2D eigenvalue weighted by Gasteiger charge is 2.28. The zero-order valence-electron chi connectivity index (χ0n) is 25.6. The first kappa shape index (κ1) is 29.9. The van der Waals surface area contributed by atoms with Crippen molar-refractivity contribution >= 4 is 62.4 Å². The molecule has 11 nitrogen and oxygen atoms in total. The number of fused-ring (bicyclic) bond motifs is 3. The molecule has 4 aromatic rings. The molecule has 2 aromatic heterocycles. The maximum absolute atomic E-state index is 11.3. The summed E-state index contributed by atoms with van der Waals surface area (Å²) in [7, 11) is 1.69. The van der Waals surface area contributed by atoms with E-state index in [1.54, 1.807) is 13.4 Å². The second-order valence-corrected chi connectivity index (χ2v) is 11.9. The summed E-state index contributed by atoms with van der Waals surface area (Å²) in [6.45, 7) is 9.82. The lowest BCUT2D eigenvalue weighted by atomic mass is 10.1. The van der Waals surface area contributed by atoms with Gasteiger partial charge < -0.3 is 34.9 Å². The number of rotatable bonds is 9. The highest BCUT2D eigenvalue weighted by molar-refractivity contribution is 7.80.